The largest absolute Gasteiger partial charge is 0.453 e. The zero-order chi connectivity index (χ0) is 15.1. The summed E-state index contributed by atoms with van der Waals surface area (Å²) in [5.41, 5.74) is 4.20. The summed E-state index contributed by atoms with van der Waals surface area (Å²) in [5.74, 6) is 2.34. The average Bonchev–Trinajstić information content (AvgIpc) is 3.13. The smallest absolute Gasteiger partial charge is 0.174 e. The van der Waals surface area contributed by atoms with Crippen LogP contribution in [0.5, 0.6) is 0 Å². The first-order valence-corrected chi connectivity index (χ1v) is 7.81. The Morgan fingerprint density at radius 2 is 1.82 bits per heavy atom. The second kappa shape index (κ2) is 5.14. The normalized spacial score (nSPS) is 11.2. The van der Waals surface area contributed by atoms with Crippen molar-refractivity contribution in [3.05, 3.63) is 64.6 Å². The number of nitrogens with one attached hydrogen (secondary N) is 1. The molecule has 0 fully saturated rings. The van der Waals surface area contributed by atoms with Crippen LogP contribution in [-0.2, 0) is 0 Å². The number of aromatic nitrogens is 2. The zero-order valence-corrected chi connectivity index (χ0v) is 13.5. The Balaban J connectivity index is 1.77. The lowest BCUT2D eigenvalue weighted by Gasteiger charge is -2.02. The van der Waals surface area contributed by atoms with Crippen molar-refractivity contribution in [3.8, 4) is 22.9 Å². The van der Waals surface area contributed by atoms with Crippen LogP contribution in [0.25, 0.3) is 33.9 Å². The number of rotatable bonds is 2. The van der Waals surface area contributed by atoms with E-state index in [2.05, 4.69) is 45.0 Å². The van der Waals surface area contributed by atoms with Gasteiger partial charge in [-0.25, -0.2) is 4.98 Å². The maximum absolute atomic E-state index is 6.00. The van der Waals surface area contributed by atoms with E-state index in [0.717, 1.165) is 38.4 Å². The van der Waals surface area contributed by atoms with Gasteiger partial charge in [0.05, 0.1) is 11.0 Å². The predicted molar refractivity (Wildman–Crippen MR) is 91.7 cm³/mol. The van der Waals surface area contributed by atoms with Gasteiger partial charge in [-0.05, 0) is 55.0 Å². The number of hydrogen-bond acceptors (Lipinski definition) is 2. The molecule has 0 saturated carbocycles. The third-order valence-corrected chi connectivity index (χ3v) is 4.18. The third kappa shape index (κ3) is 2.25. The average molecular weight is 353 g/mol. The third-order valence-electron chi connectivity index (χ3n) is 3.68. The van der Waals surface area contributed by atoms with Crippen molar-refractivity contribution in [1.29, 1.82) is 0 Å². The number of hydrogen-bond donors (Lipinski definition) is 1. The van der Waals surface area contributed by atoms with Crippen LogP contribution >= 0.6 is 15.9 Å². The minimum atomic E-state index is 0.744. The fraction of sp³-hybridized carbons (Fsp3) is 0.0556. The molecule has 4 heteroatoms. The summed E-state index contributed by atoms with van der Waals surface area (Å²) in [4.78, 5) is 7.86. The Bertz CT molecular complexity index is 935. The monoisotopic (exact) mass is 352 g/mol. The highest BCUT2D eigenvalue weighted by molar-refractivity contribution is 9.10. The van der Waals surface area contributed by atoms with Crippen LogP contribution in [0.4, 0.5) is 0 Å². The molecule has 22 heavy (non-hydrogen) atoms. The molecule has 0 unspecified atom stereocenters. The van der Waals surface area contributed by atoms with E-state index in [1.165, 1.54) is 5.56 Å². The number of fused-ring (bicyclic) bond motifs is 1. The zero-order valence-electron chi connectivity index (χ0n) is 11.9. The Hall–Kier alpha value is -2.33. The van der Waals surface area contributed by atoms with E-state index in [1.54, 1.807) is 0 Å². The molecule has 4 rings (SSSR count). The SMILES string of the molecule is Cc1cc(Br)ccc1-c1ccc(-c2nc3ccccc3[nH]2)o1. The molecule has 1 N–H and O–H groups in total. The fourth-order valence-electron chi connectivity index (χ4n) is 2.58. The van der Waals surface area contributed by atoms with Gasteiger partial charge in [-0.3, -0.25) is 0 Å². The minimum absolute atomic E-state index is 0.744. The maximum atomic E-state index is 6.00. The van der Waals surface area contributed by atoms with Crippen molar-refractivity contribution >= 4 is 27.0 Å². The summed E-state index contributed by atoms with van der Waals surface area (Å²) in [6.07, 6.45) is 0. The Kier molecular flexibility index (Phi) is 3.12. The van der Waals surface area contributed by atoms with E-state index < -0.39 is 0 Å². The van der Waals surface area contributed by atoms with Crippen LogP contribution in [0.15, 0.2) is 63.5 Å². The highest BCUT2D eigenvalue weighted by Crippen LogP contribution is 2.31. The van der Waals surface area contributed by atoms with Gasteiger partial charge in [0.15, 0.2) is 11.6 Å². The number of aromatic amines is 1. The summed E-state index contributed by atoms with van der Waals surface area (Å²) in [6, 6.07) is 18.1. The number of furan rings is 1. The molecule has 2 aromatic heterocycles. The Morgan fingerprint density at radius 3 is 2.64 bits per heavy atom. The lowest BCUT2D eigenvalue weighted by molar-refractivity contribution is 0.593. The molecular formula is C18H13BrN2O. The van der Waals surface area contributed by atoms with Crippen molar-refractivity contribution in [2.45, 2.75) is 6.92 Å². The molecule has 108 valence electrons. The highest BCUT2D eigenvalue weighted by Gasteiger charge is 2.12. The summed E-state index contributed by atoms with van der Waals surface area (Å²) in [7, 11) is 0. The lowest BCUT2D eigenvalue weighted by Crippen LogP contribution is -1.81. The molecule has 0 radical (unpaired) electrons. The summed E-state index contributed by atoms with van der Waals surface area (Å²) in [5, 5.41) is 0. The molecule has 0 spiro atoms. The lowest BCUT2D eigenvalue weighted by atomic mass is 10.1. The van der Waals surface area contributed by atoms with Crippen LogP contribution in [-0.4, -0.2) is 9.97 Å². The van der Waals surface area contributed by atoms with Gasteiger partial charge < -0.3 is 9.40 Å². The van der Waals surface area contributed by atoms with Crippen LogP contribution in [0.2, 0.25) is 0 Å². The van der Waals surface area contributed by atoms with E-state index in [9.17, 15) is 0 Å². The Morgan fingerprint density at radius 1 is 1.00 bits per heavy atom. The second-order valence-corrected chi connectivity index (χ2v) is 6.14. The topological polar surface area (TPSA) is 41.8 Å². The number of halogens is 1. The minimum Gasteiger partial charge on any atom is -0.453 e. The summed E-state index contributed by atoms with van der Waals surface area (Å²) in [6.45, 7) is 2.07. The number of benzene rings is 2. The molecule has 0 aliphatic carbocycles. The number of H-pyrrole nitrogens is 1. The van der Waals surface area contributed by atoms with Crippen LogP contribution in [0.1, 0.15) is 5.56 Å². The molecular weight excluding hydrogens is 340 g/mol. The first-order chi connectivity index (χ1) is 10.7. The number of aryl methyl sites for hydroxylation is 1. The quantitative estimate of drug-likeness (QED) is 0.513. The molecule has 0 amide bonds. The van der Waals surface area contributed by atoms with Crippen molar-refractivity contribution in [2.75, 3.05) is 0 Å². The molecule has 0 saturated heterocycles. The number of para-hydroxylation sites is 2. The van der Waals surface area contributed by atoms with Crippen molar-refractivity contribution in [1.82, 2.24) is 9.97 Å². The van der Waals surface area contributed by atoms with Crippen molar-refractivity contribution in [3.63, 3.8) is 0 Å². The van der Waals surface area contributed by atoms with Crippen LogP contribution in [0.3, 0.4) is 0 Å². The van der Waals surface area contributed by atoms with E-state index in [-0.39, 0.29) is 0 Å². The number of imidazole rings is 1. The summed E-state index contributed by atoms with van der Waals surface area (Å²) < 4.78 is 7.06. The first kappa shape index (κ1) is 13.3. The van der Waals surface area contributed by atoms with E-state index in [1.807, 2.05) is 42.5 Å². The van der Waals surface area contributed by atoms with Gasteiger partial charge >= 0.3 is 0 Å². The molecule has 2 heterocycles. The van der Waals surface area contributed by atoms with Crippen molar-refractivity contribution < 1.29 is 4.42 Å². The molecule has 4 aromatic rings. The second-order valence-electron chi connectivity index (χ2n) is 5.23. The van der Waals surface area contributed by atoms with Gasteiger partial charge in [-0.15, -0.1) is 0 Å². The van der Waals surface area contributed by atoms with Crippen LogP contribution < -0.4 is 0 Å². The first-order valence-electron chi connectivity index (χ1n) is 7.02. The van der Waals surface area contributed by atoms with Gasteiger partial charge in [-0.1, -0.05) is 28.1 Å². The van der Waals surface area contributed by atoms with Gasteiger partial charge in [-0.2, -0.15) is 0 Å². The molecule has 2 aromatic carbocycles. The summed E-state index contributed by atoms with van der Waals surface area (Å²) >= 11 is 3.48. The Labute approximate surface area is 136 Å². The molecule has 0 atom stereocenters. The predicted octanol–water partition coefficient (Wildman–Crippen LogP) is 5.56. The van der Waals surface area contributed by atoms with Gasteiger partial charge in [0.2, 0.25) is 0 Å². The standard InChI is InChI=1S/C18H13BrN2O/c1-11-10-12(19)6-7-13(11)16-8-9-17(22-16)18-20-14-4-2-3-5-15(14)21-18/h2-10H,1H3,(H,20,21). The van der Waals surface area contributed by atoms with Crippen molar-refractivity contribution in [2.24, 2.45) is 0 Å². The maximum Gasteiger partial charge on any atom is 0.174 e. The fourth-order valence-corrected chi connectivity index (χ4v) is 3.06. The molecule has 0 bridgehead atoms. The number of nitrogens with zero attached hydrogens (tertiary/aromatic N) is 1. The van der Waals surface area contributed by atoms with Gasteiger partial charge in [0.1, 0.15) is 5.76 Å². The molecule has 0 aliphatic heterocycles. The van der Waals surface area contributed by atoms with E-state index in [4.69, 9.17) is 4.42 Å². The molecule has 0 aliphatic rings. The highest BCUT2D eigenvalue weighted by atomic mass is 79.9. The van der Waals surface area contributed by atoms with E-state index >= 15 is 0 Å². The van der Waals surface area contributed by atoms with Gasteiger partial charge in [0, 0.05) is 10.0 Å². The van der Waals surface area contributed by atoms with Gasteiger partial charge in [0.25, 0.3) is 0 Å². The van der Waals surface area contributed by atoms with Crippen LogP contribution in [0, 0.1) is 6.92 Å². The van der Waals surface area contributed by atoms with E-state index in [0.29, 0.717) is 0 Å². The molecule has 3 nitrogen and oxygen atoms in total.